The number of ether oxygens (including phenoxy) is 1. The molecule has 0 aliphatic carbocycles. The van der Waals surface area contributed by atoms with Crippen LogP contribution in [0.15, 0.2) is 23.2 Å². The summed E-state index contributed by atoms with van der Waals surface area (Å²) in [5.74, 6) is 0.589. The minimum atomic E-state index is -0.728. The topological polar surface area (TPSA) is 73.6 Å². The lowest BCUT2D eigenvalue weighted by Crippen LogP contribution is -2.41. The van der Waals surface area contributed by atoms with Crippen molar-refractivity contribution in [2.24, 2.45) is 16.6 Å². The van der Waals surface area contributed by atoms with Crippen LogP contribution in [0.1, 0.15) is 12.5 Å². The lowest BCUT2D eigenvalue weighted by Gasteiger charge is -2.35. The van der Waals surface area contributed by atoms with Crippen LogP contribution in [-0.2, 0) is 10.3 Å². The third kappa shape index (κ3) is 1.90. The average Bonchev–Trinajstić information content (AvgIpc) is 2.70. The molecule has 0 bridgehead atoms. The Kier molecular flexibility index (Phi) is 2.94. The largest absolute Gasteiger partial charge is 0.399 e. The van der Waals surface area contributed by atoms with Gasteiger partial charge >= 0.3 is 0 Å². The second-order valence-corrected chi connectivity index (χ2v) is 6.09. The Bertz CT molecular complexity index is 551. The van der Waals surface area contributed by atoms with Gasteiger partial charge in [0.2, 0.25) is 0 Å². The van der Waals surface area contributed by atoms with E-state index in [1.54, 1.807) is 12.1 Å². The highest BCUT2D eigenvalue weighted by Crippen LogP contribution is 2.48. The monoisotopic (exact) mass is 281 g/mol. The Morgan fingerprint density at radius 3 is 3.05 bits per heavy atom. The predicted molar refractivity (Wildman–Crippen MR) is 75.5 cm³/mol. The molecule has 0 amide bonds. The third-order valence-electron chi connectivity index (χ3n) is 3.92. The van der Waals surface area contributed by atoms with E-state index in [4.69, 9.17) is 16.2 Å². The molecule has 1 saturated heterocycles. The number of fused-ring (bicyclic) bond motifs is 1. The average molecular weight is 281 g/mol. The fourth-order valence-electron chi connectivity index (χ4n) is 2.87. The predicted octanol–water partition coefficient (Wildman–Crippen LogP) is 1.70. The van der Waals surface area contributed by atoms with Crippen LogP contribution in [-0.4, -0.2) is 23.6 Å². The number of hydrogen-bond acceptors (Lipinski definition) is 5. The Morgan fingerprint density at radius 2 is 2.26 bits per heavy atom. The Labute approximate surface area is 115 Å². The maximum Gasteiger partial charge on any atom is 0.154 e. The van der Waals surface area contributed by atoms with Crippen LogP contribution >= 0.6 is 11.8 Å². The number of nitrogens with two attached hydrogens (primary N) is 2. The van der Waals surface area contributed by atoms with Crippen LogP contribution in [0.5, 0.6) is 0 Å². The number of aliphatic imine (C=N–C) groups is 1. The molecule has 102 valence electrons. The van der Waals surface area contributed by atoms with Gasteiger partial charge in [-0.2, -0.15) is 0 Å². The molecular formula is C13H16FN3OS. The summed E-state index contributed by atoms with van der Waals surface area (Å²) in [6, 6.07) is 4.58. The van der Waals surface area contributed by atoms with Crippen molar-refractivity contribution < 1.29 is 9.13 Å². The molecule has 1 aromatic rings. The molecule has 3 atom stereocenters. The van der Waals surface area contributed by atoms with Crippen molar-refractivity contribution in [3.05, 3.63) is 29.6 Å². The molecule has 2 heterocycles. The van der Waals surface area contributed by atoms with Crippen LogP contribution in [0.4, 0.5) is 10.1 Å². The van der Waals surface area contributed by atoms with Gasteiger partial charge in [-0.15, -0.1) is 0 Å². The number of benzene rings is 1. The second-order valence-electron chi connectivity index (χ2n) is 5.05. The van der Waals surface area contributed by atoms with Crippen molar-refractivity contribution in [1.82, 2.24) is 0 Å². The number of hydrogen-bond donors (Lipinski definition) is 2. The first kappa shape index (κ1) is 12.7. The molecule has 4 N–H and O–H groups in total. The van der Waals surface area contributed by atoms with Gasteiger partial charge in [0.1, 0.15) is 11.4 Å². The molecule has 0 radical (unpaired) electrons. The van der Waals surface area contributed by atoms with Crippen LogP contribution in [0, 0.1) is 11.7 Å². The summed E-state index contributed by atoms with van der Waals surface area (Å²) >= 11 is 1.50. The van der Waals surface area contributed by atoms with E-state index in [1.165, 1.54) is 17.8 Å². The first-order chi connectivity index (χ1) is 9.03. The normalized spacial score (nSPS) is 33.9. The fourth-order valence-corrected chi connectivity index (χ4v) is 4.00. The van der Waals surface area contributed by atoms with E-state index in [0.717, 1.165) is 5.75 Å². The number of nitrogens with zero attached hydrogens (tertiary/aromatic N) is 1. The molecule has 1 aromatic carbocycles. The van der Waals surface area contributed by atoms with Gasteiger partial charge < -0.3 is 16.2 Å². The Morgan fingerprint density at radius 1 is 1.47 bits per heavy atom. The van der Waals surface area contributed by atoms with Gasteiger partial charge in [-0.25, -0.2) is 9.38 Å². The molecule has 1 fully saturated rings. The number of amidine groups is 1. The van der Waals surface area contributed by atoms with Crippen LogP contribution in [0.25, 0.3) is 0 Å². The Hall–Kier alpha value is -1.27. The van der Waals surface area contributed by atoms with Crippen molar-refractivity contribution in [2.45, 2.75) is 18.6 Å². The van der Waals surface area contributed by atoms with Crippen molar-refractivity contribution >= 4 is 22.6 Å². The first-order valence-corrected chi connectivity index (χ1v) is 7.17. The van der Waals surface area contributed by atoms with Crippen LogP contribution in [0.2, 0.25) is 0 Å². The molecule has 19 heavy (non-hydrogen) atoms. The highest BCUT2D eigenvalue weighted by atomic mass is 32.2. The first-order valence-electron chi connectivity index (χ1n) is 6.18. The zero-order valence-corrected chi connectivity index (χ0v) is 11.4. The van der Waals surface area contributed by atoms with Crippen LogP contribution in [0.3, 0.4) is 0 Å². The number of nitrogen functional groups attached to an aromatic ring is 1. The summed E-state index contributed by atoms with van der Waals surface area (Å²) < 4.78 is 19.9. The molecule has 4 nitrogen and oxygen atoms in total. The Balaban J connectivity index is 2.18. The summed E-state index contributed by atoms with van der Waals surface area (Å²) in [6.07, 6.45) is 0.0326. The summed E-state index contributed by atoms with van der Waals surface area (Å²) in [5, 5.41) is 0.482. The van der Waals surface area contributed by atoms with Crippen LogP contribution < -0.4 is 11.5 Å². The maximum atomic E-state index is 14.2. The molecule has 3 rings (SSSR count). The molecule has 3 unspecified atom stereocenters. The zero-order valence-electron chi connectivity index (χ0n) is 10.6. The van der Waals surface area contributed by atoms with Gasteiger partial charge in [-0.1, -0.05) is 11.8 Å². The molecule has 0 aromatic heterocycles. The highest BCUT2D eigenvalue weighted by Gasteiger charge is 2.52. The van der Waals surface area contributed by atoms with Gasteiger partial charge in [-0.05, 0) is 25.1 Å². The van der Waals surface area contributed by atoms with Gasteiger partial charge in [0.05, 0.1) is 12.7 Å². The third-order valence-corrected chi connectivity index (χ3v) is 4.84. The molecular weight excluding hydrogens is 265 g/mol. The standard InChI is InChI=1S/C13H16FN3OS/c1-7-10-5-19-12(16)17-13(10,6-18-7)9-4-8(15)2-3-11(9)14/h2-4,7,10H,5-6,15H2,1H3,(H2,16,17). The van der Waals surface area contributed by atoms with Crippen molar-refractivity contribution in [1.29, 1.82) is 0 Å². The number of anilines is 1. The van der Waals surface area contributed by atoms with E-state index < -0.39 is 5.54 Å². The number of rotatable bonds is 1. The molecule has 2 aliphatic rings. The smallest absolute Gasteiger partial charge is 0.154 e. The minimum absolute atomic E-state index is 0.0326. The quantitative estimate of drug-likeness (QED) is 0.768. The van der Waals surface area contributed by atoms with Gasteiger partial charge in [-0.3, -0.25) is 0 Å². The minimum Gasteiger partial charge on any atom is -0.399 e. The number of thioether (sulfide) groups is 1. The summed E-state index contributed by atoms with van der Waals surface area (Å²) in [4.78, 5) is 4.54. The summed E-state index contributed by atoms with van der Waals surface area (Å²) in [6.45, 7) is 2.34. The molecule has 0 saturated carbocycles. The van der Waals surface area contributed by atoms with Gasteiger partial charge in [0, 0.05) is 22.9 Å². The van der Waals surface area contributed by atoms with E-state index in [0.29, 0.717) is 23.0 Å². The lowest BCUT2D eigenvalue weighted by atomic mass is 9.79. The summed E-state index contributed by atoms with van der Waals surface area (Å²) in [7, 11) is 0. The molecule has 6 heteroatoms. The van der Waals surface area contributed by atoms with Crippen molar-refractivity contribution in [3.8, 4) is 0 Å². The van der Waals surface area contributed by atoms with Gasteiger partial charge in [0.15, 0.2) is 5.17 Å². The van der Waals surface area contributed by atoms with Crippen molar-refractivity contribution in [2.75, 3.05) is 18.1 Å². The highest BCUT2D eigenvalue weighted by molar-refractivity contribution is 8.13. The zero-order chi connectivity index (χ0) is 13.6. The van der Waals surface area contributed by atoms with E-state index in [-0.39, 0.29) is 17.8 Å². The lowest BCUT2D eigenvalue weighted by molar-refractivity contribution is 0.107. The molecule has 0 spiro atoms. The van der Waals surface area contributed by atoms with E-state index in [9.17, 15) is 4.39 Å². The van der Waals surface area contributed by atoms with Gasteiger partial charge in [0.25, 0.3) is 0 Å². The molecule has 2 aliphatic heterocycles. The maximum absolute atomic E-state index is 14.2. The number of halogens is 1. The van der Waals surface area contributed by atoms with E-state index >= 15 is 0 Å². The summed E-state index contributed by atoms with van der Waals surface area (Å²) in [5.41, 5.74) is 11.9. The second kappa shape index (κ2) is 4.38. The SMILES string of the molecule is CC1OCC2(c3cc(N)ccc3F)N=C(N)SCC12. The van der Waals surface area contributed by atoms with E-state index in [2.05, 4.69) is 4.99 Å². The fraction of sp³-hybridized carbons (Fsp3) is 0.462. The van der Waals surface area contributed by atoms with Crippen molar-refractivity contribution in [3.63, 3.8) is 0 Å². The van der Waals surface area contributed by atoms with E-state index in [1.807, 2.05) is 6.92 Å².